The lowest BCUT2D eigenvalue weighted by molar-refractivity contribution is 0.126. The Bertz CT molecular complexity index is 104. The van der Waals surface area contributed by atoms with Gasteiger partial charge in [-0.1, -0.05) is 13.3 Å². The average Bonchev–Trinajstić information content (AvgIpc) is 2.16. The van der Waals surface area contributed by atoms with Crippen LogP contribution in [0.3, 0.4) is 0 Å². The van der Waals surface area contributed by atoms with Crippen LogP contribution in [0.4, 0.5) is 0 Å². The van der Waals surface area contributed by atoms with E-state index in [2.05, 4.69) is 11.7 Å². The Hall–Kier alpha value is -0.570. The van der Waals surface area contributed by atoms with Crippen LogP contribution in [0.15, 0.2) is 0 Å². The predicted octanol–water partition coefficient (Wildman–Crippen LogP) is 2.06. The zero-order chi connectivity index (χ0) is 9.78. The fourth-order valence-corrected chi connectivity index (χ4v) is 0.945. The van der Waals surface area contributed by atoms with E-state index in [0.717, 1.165) is 38.9 Å². The van der Waals surface area contributed by atoms with Gasteiger partial charge in [0.25, 0.3) is 0 Å². The quantitative estimate of drug-likeness (QED) is 0.491. The van der Waals surface area contributed by atoms with Crippen molar-refractivity contribution in [3.63, 3.8) is 0 Å². The van der Waals surface area contributed by atoms with Gasteiger partial charge in [-0.15, -0.1) is 0 Å². The first-order valence-electron chi connectivity index (χ1n) is 4.98. The highest BCUT2D eigenvalue weighted by Crippen LogP contribution is 1.97. The lowest BCUT2D eigenvalue weighted by Gasteiger charge is -2.02. The van der Waals surface area contributed by atoms with Crippen molar-refractivity contribution in [3.05, 3.63) is 0 Å². The second-order valence-corrected chi connectivity index (χ2v) is 2.96. The second kappa shape index (κ2) is 11.4. The summed E-state index contributed by atoms with van der Waals surface area (Å²) in [6.07, 6.45) is 5.33. The molecule has 0 atom stereocenters. The Morgan fingerprint density at radius 2 is 1.69 bits per heavy atom. The normalized spacial score (nSPS) is 9.92. The van der Waals surface area contributed by atoms with Crippen molar-refractivity contribution in [2.75, 3.05) is 19.8 Å². The summed E-state index contributed by atoms with van der Waals surface area (Å²) in [5.41, 5.74) is 0. The fraction of sp³-hybridized carbons (Fsp3) is 0.900. The molecule has 0 fully saturated rings. The summed E-state index contributed by atoms with van der Waals surface area (Å²) in [7, 11) is 0. The van der Waals surface area contributed by atoms with Gasteiger partial charge < -0.3 is 9.47 Å². The molecule has 0 aromatic heterocycles. The van der Waals surface area contributed by atoms with Crippen LogP contribution in [0, 0.1) is 0 Å². The van der Waals surface area contributed by atoms with Gasteiger partial charge in [-0.2, -0.15) is 0 Å². The van der Waals surface area contributed by atoms with Crippen molar-refractivity contribution in [1.29, 1.82) is 0 Å². The van der Waals surface area contributed by atoms with Crippen LogP contribution in [-0.4, -0.2) is 26.3 Å². The van der Waals surface area contributed by atoms with Crippen LogP contribution in [0.5, 0.6) is 0 Å². The van der Waals surface area contributed by atoms with Gasteiger partial charge in [0.2, 0.25) is 0 Å². The van der Waals surface area contributed by atoms with E-state index in [1.54, 1.807) is 0 Å². The molecule has 0 saturated heterocycles. The topological polar surface area (TPSA) is 35.5 Å². The number of unbranched alkanes of at least 4 members (excludes halogenated alkanes) is 3. The molecule has 0 spiro atoms. The third-order valence-electron chi connectivity index (χ3n) is 1.74. The van der Waals surface area contributed by atoms with E-state index in [1.807, 2.05) is 0 Å². The molecule has 0 bridgehead atoms. The Balaban J connectivity index is 2.79. The molecule has 0 aromatic rings. The standard InChI is InChI=1S/C10H19O3/c1-2-3-7-12-8-5-4-6-9-13-10-11/h2-9H2,1H3. The Labute approximate surface area is 80.4 Å². The zero-order valence-corrected chi connectivity index (χ0v) is 8.38. The molecule has 13 heavy (non-hydrogen) atoms. The van der Waals surface area contributed by atoms with Crippen molar-refractivity contribution < 1.29 is 14.3 Å². The number of rotatable bonds is 10. The van der Waals surface area contributed by atoms with Gasteiger partial charge in [0.05, 0.1) is 6.61 Å². The minimum atomic E-state index is 0.485. The fourth-order valence-electron chi connectivity index (χ4n) is 0.945. The van der Waals surface area contributed by atoms with Crippen LogP contribution < -0.4 is 0 Å². The number of ether oxygens (including phenoxy) is 2. The lowest BCUT2D eigenvalue weighted by atomic mass is 10.2. The van der Waals surface area contributed by atoms with Crippen LogP contribution in [0.25, 0.3) is 0 Å². The summed E-state index contributed by atoms with van der Waals surface area (Å²) in [4.78, 5) is 9.64. The number of hydrogen-bond acceptors (Lipinski definition) is 3. The van der Waals surface area contributed by atoms with Gasteiger partial charge in [-0.25, -0.2) is 4.79 Å². The van der Waals surface area contributed by atoms with E-state index in [9.17, 15) is 4.79 Å². The van der Waals surface area contributed by atoms with Crippen molar-refractivity contribution in [2.45, 2.75) is 39.0 Å². The molecule has 0 heterocycles. The Morgan fingerprint density at radius 3 is 2.38 bits per heavy atom. The van der Waals surface area contributed by atoms with Gasteiger partial charge in [0.15, 0.2) is 0 Å². The minimum Gasteiger partial charge on any atom is -0.457 e. The molecule has 0 amide bonds. The van der Waals surface area contributed by atoms with Crippen LogP contribution >= 0.6 is 0 Å². The summed E-state index contributed by atoms with van der Waals surface area (Å²) in [6.45, 7) is 5.73. The summed E-state index contributed by atoms with van der Waals surface area (Å²) in [6, 6.07) is 0. The molecule has 0 N–H and O–H groups in total. The van der Waals surface area contributed by atoms with Crippen molar-refractivity contribution >= 4 is 6.47 Å². The van der Waals surface area contributed by atoms with Gasteiger partial charge in [0.1, 0.15) is 0 Å². The van der Waals surface area contributed by atoms with Crippen LogP contribution in [-0.2, 0) is 14.3 Å². The van der Waals surface area contributed by atoms with E-state index < -0.39 is 0 Å². The lowest BCUT2D eigenvalue weighted by Crippen LogP contribution is -1.98. The Morgan fingerprint density at radius 1 is 1.00 bits per heavy atom. The monoisotopic (exact) mass is 187 g/mol. The predicted molar refractivity (Wildman–Crippen MR) is 51.2 cm³/mol. The maximum absolute atomic E-state index is 9.64. The van der Waals surface area contributed by atoms with E-state index in [0.29, 0.717) is 6.61 Å². The second-order valence-electron chi connectivity index (χ2n) is 2.96. The molecule has 77 valence electrons. The molecule has 1 radical (unpaired) electrons. The zero-order valence-electron chi connectivity index (χ0n) is 8.38. The van der Waals surface area contributed by atoms with Crippen molar-refractivity contribution in [3.8, 4) is 0 Å². The first-order chi connectivity index (χ1) is 6.41. The molecular weight excluding hydrogens is 168 g/mol. The van der Waals surface area contributed by atoms with Crippen LogP contribution in [0.2, 0.25) is 0 Å². The van der Waals surface area contributed by atoms with Gasteiger partial charge in [0, 0.05) is 13.2 Å². The molecular formula is C10H19O3. The summed E-state index contributed by atoms with van der Waals surface area (Å²) in [5, 5.41) is 0. The first kappa shape index (κ1) is 12.4. The molecule has 3 nitrogen and oxygen atoms in total. The molecule has 0 unspecified atom stereocenters. The molecule has 3 heteroatoms. The van der Waals surface area contributed by atoms with Crippen LogP contribution in [0.1, 0.15) is 39.0 Å². The minimum absolute atomic E-state index is 0.485. The smallest absolute Gasteiger partial charge is 0.417 e. The van der Waals surface area contributed by atoms with Crippen molar-refractivity contribution in [1.82, 2.24) is 0 Å². The molecule has 0 saturated carbocycles. The molecule has 0 aromatic carbocycles. The molecule has 0 aliphatic carbocycles. The van der Waals surface area contributed by atoms with E-state index >= 15 is 0 Å². The van der Waals surface area contributed by atoms with E-state index in [-0.39, 0.29) is 0 Å². The van der Waals surface area contributed by atoms with E-state index in [4.69, 9.17) is 4.74 Å². The van der Waals surface area contributed by atoms with Gasteiger partial charge >= 0.3 is 6.47 Å². The highest BCUT2D eigenvalue weighted by Gasteiger charge is 1.90. The van der Waals surface area contributed by atoms with E-state index in [1.165, 1.54) is 12.9 Å². The third kappa shape index (κ3) is 11.4. The largest absolute Gasteiger partial charge is 0.457 e. The highest BCUT2D eigenvalue weighted by molar-refractivity contribution is 5.37. The average molecular weight is 187 g/mol. The highest BCUT2D eigenvalue weighted by atomic mass is 16.5. The van der Waals surface area contributed by atoms with Crippen molar-refractivity contribution in [2.24, 2.45) is 0 Å². The summed E-state index contributed by atoms with van der Waals surface area (Å²) in [5.74, 6) is 0. The number of hydrogen-bond donors (Lipinski definition) is 0. The van der Waals surface area contributed by atoms with Gasteiger partial charge in [-0.05, 0) is 25.7 Å². The SMILES string of the molecule is CCCCOCCCCCO[C]=O. The molecule has 0 aliphatic heterocycles. The summed E-state index contributed by atoms with van der Waals surface area (Å²) < 4.78 is 9.79. The maximum atomic E-state index is 9.64. The Kier molecular flexibility index (Phi) is 10.9. The molecule has 0 aliphatic rings. The maximum Gasteiger partial charge on any atom is 0.417 e. The molecule has 0 rings (SSSR count). The van der Waals surface area contributed by atoms with Gasteiger partial charge in [-0.3, -0.25) is 0 Å². The summed E-state index contributed by atoms with van der Waals surface area (Å²) >= 11 is 0. The first-order valence-corrected chi connectivity index (χ1v) is 4.98. The number of carbonyl (C=O) groups excluding carboxylic acids is 1. The third-order valence-corrected chi connectivity index (χ3v) is 1.74.